The molecular weight excluding hydrogens is 292 g/mol. The molecule has 0 radical (unpaired) electrons. The van der Waals surface area contributed by atoms with E-state index in [2.05, 4.69) is 16.7 Å². The van der Waals surface area contributed by atoms with Gasteiger partial charge in [0.05, 0.1) is 0 Å². The molecule has 0 aliphatic heterocycles. The summed E-state index contributed by atoms with van der Waals surface area (Å²) in [6.45, 7) is 3.61. The Labute approximate surface area is 136 Å². The van der Waals surface area contributed by atoms with E-state index in [1.807, 2.05) is 39.2 Å². The molecule has 0 saturated carbocycles. The Morgan fingerprint density at radius 2 is 2.00 bits per heavy atom. The zero-order valence-corrected chi connectivity index (χ0v) is 14.0. The molecule has 0 aliphatic rings. The number of nitrogens with zero attached hydrogens (tertiary/aromatic N) is 2. The fraction of sp³-hybridized carbons (Fsp3) is 0.444. The van der Waals surface area contributed by atoms with E-state index < -0.39 is 5.97 Å². The summed E-state index contributed by atoms with van der Waals surface area (Å²) < 4.78 is 2.05. The second kappa shape index (κ2) is 7.31. The van der Waals surface area contributed by atoms with Gasteiger partial charge < -0.3 is 14.6 Å². The first-order chi connectivity index (χ1) is 10.9. The van der Waals surface area contributed by atoms with Crippen LogP contribution in [-0.4, -0.2) is 39.0 Å². The molecule has 0 aliphatic carbocycles. The molecule has 2 rings (SSSR count). The largest absolute Gasteiger partial charge is 0.480 e. The Morgan fingerprint density at radius 3 is 2.65 bits per heavy atom. The number of hydrogen-bond donors (Lipinski definition) is 1. The maximum Gasteiger partial charge on any atom is 0.323 e. The summed E-state index contributed by atoms with van der Waals surface area (Å²) in [5.41, 5.74) is 2.26. The molecule has 1 amide bonds. The molecular formula is C18H24N2O3. The molecule has 1 aromatic heterocycles. The van der Waals surface area contributed by atoms with Gasteiger partial charge >= 0.3 is 5.97 Å². The number of carbonyl (C=O) groups excluding carboxylic acids is 1. The SMILES string of the molecule is CCC(C)N(CC(=O)O)C(=O)CCc1cn(C)c2ccccc12. The van der Waals surface area contributed by atoms with Crippen LogP contribution in [0.1, 0.15) is 32.3 Å². The molecule has 0 spiro atoms. The molecule has 1 aromatic carbocycles. The van der Waals surface area contributed by atoms with Crippen LogP contribution in [0.15, 0.2) is 30.5 Å². The van der Waals surface area contributed by atoms with E-state index in [0.717, 1.165) is 22.9 Å². The van der Waals surface area contributed by atoms with Crippen LogP contribution in [0, 0.1) is 0 Å². The van der Waals surface area contributed by atoms with Crippen LogP contribution in [0.3, 0.4) is 0 Å². The van der Waals surface area contributed by atoms with Crippen LogP contribution in [0.5, 0.6) is 0 Å². The van der Waals surface area contributed by atoms with Gasteiger partial charge in [0.15, 0.2) is 0 Å². The molecule has 1 heterocycles. The van der Waals surface area contributed by atoms with Crippen molar-refractivity contribution in [1.82, 2.24) is 9.47 Å². The first-order valence-electron chi connectivity index (χ1n) is 7.98. The third kappa shape index (κ3) is 3.92. The van der Waals surface area contributed by atoms with Crippen molar-refractivity contribution in [2.45, 2.75) is 39.2 Å². The number of carboxylic acid groups (broad SMARTS) is 1. The molecule has 23 heavy (non-hydrogen) atoms. The van der Waals surface area contributed by atoms with Crippen molar-refractivity contribution in [2.75, 3.05) is 6.54 Å². The van der Waals surface area contributed by atoms with Crippen molar-refractivity contribution < 1.29 is 14.7 Å². The summed E-state index contributed by atoms with van der Waals surface area (Å²) in [6.07, 6.45) is 3.73. The van der Waals surface area contributed by atoms with Crippen molar-refractivity contribution in [3.8, 4) is 0 Å². The van der Waals surface area contributed by atoms with Crippen LogP contribution < -0.4 is 0 Å². The van der Waals surface area contributed by atoms with Gasteiger partial charge in [0.25, 0.3) is 0 Å². The minimum Gasteiger partial charge on any atom is -0.480 e. The number of para-hydroxylation sites is 1. The Kier molecular flexibility index (Phi) is 5.42. The van der Waals surface area contributed by atoms with Crippen molar-refractivity contribution in [1.29, 1.82) is 0 Å². The number of aromatic nitrogens is 1. The normalized spacial score (nSPS) is 12.3. The van der Waals surface area contributed by atoms with Crippen LogP contribution in [-0.2, 0) is 23.1 Å². The topological polar surface area (TPSA) is 62.5 Å². The molecule has 1 atom stereocenters. The highest BCUT2D eigenvalue weighted by molar-refractivity contribution is 5.85. The Bertz CT molecular complexity index is 705. The van der Waals surface area contributed by atoms with E-state index in [1.165, 1.54) is 4.90 Å². The second-order valence-corrected chi connectivity index (χ2v) is 5.96. The van der Waals surface area contributed by atoms with Gasteiger partial charge in [-0.15, -0.1) is 0 Å². The highest BCUT2D eigenvalue weighted by Crippen LogP contribution is 2.22. The van der Waals surface area contributed by atoms with Crippen LogP contribution in [0.4, 0.5) is 0 Å². The highest BCUT2D eigenvalue weighted by Gasteiger charge is 2.21. The predicted octanol–water partition coefficient (Wildman–Crippen LogP) is 2.82. The lowest BCUT2D eigenvalue weighted by molar-refractivity contribution is -0.146. The third-order valence-electron chi connectivity index (χ3n) is 4.34. The molecule has 1 unspecified atom stereocenters. The molecule has 5 nitrogen and oxygen atoms in total. The molecule has 0 fully saturated rings. The van der Waals surface area contributed by atoms with Crippen LogP contribution >= 0.6 is 0 Å². The average Bonchev–Trinajstić information content (AvgIpc) is 2.86. The smallest absolute Gasteiger partial charge is 0.323 e. The molecule has 1 N–H and O–H groups in total. The summed E-state index contributed by atoms with van der Waals surface area (Å²) in [4.78, 5) is 24.9. The van der Waals surface area contributed by atoms with E-state index in [4.69, 9.17) is 5.11 Å². The van der Waals surface area contributed by atoms with E-state index in [9.17, 15) is 9.59 Å². The Balaban J connectivity index is 2.11. The fourth-order valence-electron chi connectivity index (χ4n) is 2.87. The molecule has 0 bridgehead atoms. The number of aliphatic carboxylic acids is 1. The van der Waals surface area contributed by atoms with Gasteiger partial charge in [-0.2, -0.15) is 0 Å². The number of carbonyl (C=O) groups is 2. The van der Waals surface area contributed by atoms with E-state index >= 15 is 0 Å². The van der Waals surface area contributed by atoms with E-state index in [-0.39, 0.29) is 18.5 Å². The quantitative estimate of drug-likeness (QED) is 0.854. The van der Waals surface area contributed by atoms with E-state index in [0.29, 0.717) is 12.8 Å². The average molecular weight is 316 g/mol. The van der Waals surface area contributed by atoms with Gasteiger partial charge in [0.1, 0.15) is 6.54 Å². The lowest BCUT2D eigenvalue weighted by atomic mass is 10.1. The monoisotopic (exact) mass is 316 g/mol. The zero-order chi connectivity index (χ0) is 17.0. The second-order valence-electron chi connectivity index (χ2n) is 5.96. The maximum absolute atomic E-state index is 12.5. The minimum absolute atomic E-state index is 0.0638. The number of fused-ring (bicyclic) bond motifs is 1. The number of benzene rings is 1. The first-order valence-corrected chi connectivity index (χ1v) is 7.98. The number of rotatable bonds is 7. The van der Waals surface area contributed by atoms with Crippen LogP contribution in [0.25, 0.3) is 10.9 Å². The summed E-state index contributed by atoms with van der Waals surface area (Å²) in [5, 5.41) is 10.2. The molecule has 0 saturated heterocycles. The van der Waals surface area contributed by atoms with Gasteiger partial charge in [-0.25, -0.2) is 0 Å². The Morgan fingerprint density at radius 1 is 1.30 bits per heavy atom. The van der Waals surface area contributed by atoms with Gasteiger partial charge in [-0.1, -0.05) is 25.1 Å². The number of amides is 1. The minimum atomic E-state index is -0.969. The van der Waals surface area contributed by atoms with Crippen molar-refractivity contribution >= 4 is 22.8 Å². The predicted molar refractivity (Wildman–Crippen MR) is 90.3 cm³/mol. The summed E-state index contributed by atoms with van der Waals surface area (Å²) >= 11 is 0. The zero-order valence-electron chi connectivity index (χ0n) is 14.0. The number of carboxylic acids is 1. The van der Waals surface area contributed by atoms with Crippen molar-refractivity contribution in [2.24, 2.45) is 7.05 Å². The Hall–Kier alpha value is -2.30. The lowest BCUT2D eigenvalue weighted by Gasteiger charge is -2.27. The summed E-state index contributed by atoms with van der Waals surface area (Å²) in [7, 11) is 1.99. The third-order valence-corrected chi connectivity index (χ3v) is 4.34. The molecule has 2 aromatic rings. The number of aryl methyl sites for hydroxylation is 2. The van der Waals surface area contributed by atoms with Gasteiger partial charge in [0.2, 0.25) is 5.91 Å². The summed E-state index contributed by atoms with van der Waals surface area (Å²) in [6, 6.07) is 8.03. The first kappa shape index (κ1) is 17.1. The van der Waals surface area contributed by atoms with Gasteiger partial charge in [-0.05, 0) is 31.4 Å². The van der Waals surface area contributed by atoms with Crippen molar-refractivity contribution in [3.05, 3.63) is 36.0 Å². The van der Waals surface area contributed by atoms with Gasteiger partial charge in [0, 0.05) is 36.6 Å². The number of hydrogen-bond acceptors (Lipinski definition) is 2. The van der Waals surface area contributed by atoms with Crippen LogP contribution in [0.2, 0.25) is 0 Å². The lowest BCUT2D eigenvalue weighted by Crippen LogP contribution is -2.41. The van der Waals surface area contributed by atoms with E-state index in [1.54, 1.807) is 0 Å². The highest BCUT2D eigenvalue weighted by atomic mass is 16.4. The maximum atomic E-state index is 12.5. The molecule has 5 heteroatoms. The summed E-state index contributed by atoms with van der Waals surface area (Å²) in [5.74, 6) is -1.07. The fourth-order valence-corrected chi connectivity index (χ4v) is 2.87. The molecule has 124 valence electrons. The standard InChI is InChI=1S/C18H24N2O3/c1-4-13(2)20(12-18(22)23)17(21)10-9-14-11-19(3)16-8-6-5-7-15(14)16/h5-8,11,13H,4,9-10,12H2,1-3H3,(H,22,23). The van der Waals surface area contributed by atoms with Crippen molar-refractivity contribution in [3.63, 3.8) is 0 Å². The van der Waals surface area contributed by atoms with Gasteiger partial charge in [-0.3, -0.25) is 9.59 Å².